The van der Waals surface area contributed by atoms with Crippen LogP contribution in [-0.2, 0) is 4.79 Å². The number of hydrogen-bond donors (Lipinski definition) is 2. The van der Waals surface area contributed by atoms with E-state index in [1.54, 1.807) is 25.1 Å². The van der Waals surface area contributed by atoms with Crippen molar-refractivity contribution in [3.8, 4) is 5.75 Å². The number of ether oxygens (including phenoxy) is 1. The second-order valence-corrected chi connectivity index (χ2v) is 5.77. The zero-order valence-corrected chi connectivity index (χ0v) is 12.8. The molecule has 1 saturated heterocycles. The topological polar surface area (TPSA) is 50.4 Å². The molecule has 2 rings (SSSR count). The fraction of sp³-hybridized carbons (Fsp3) is 0.500. The van der Waals surface area contributed by atoms with Gasteiger partial charge in [0.1, 0.15) is 5.75 Å². The number of piperidine rings is 1. The number of hydrogen-bond acceptors (Lipinski definition) is 3. The average molecular weight is 317 g/mol. The summed E-state index contributed by atoms with van der Waals surface area (Å²) in [6.07, 6.45) is 1.31. The first-order valence-electron chi connectivity index (χ1n) is 6.68. The molecule has 1 aromatic rings. The minimum atomic E-state index is -0.584. The van der Waals surface area contributed by atoms with E-state index in [2.05, 4.69) is 10.6 Å². The van der Waals surface area contributed by atoms with Gasteiger partial charge in [-0.2, -0.15) is 0 Å². The summed E-state index contributed by atoms with van der Waals surface area (Å²) in [4.78, 5) is 12.1. The molecule has 0 spiro atoms. The minimum Gasteiger partial charge on any atom is -0.481 e. The van der Waals surface area contributed by atoms with Crippen molar-refractivity contribution >= 4 is 29.1 Å². The van der Waals surface area contributed by atoms with E-state index in [4.69, 9.17) is 27.9 Å². The Morgan fingerprint density at radius 2 is 1.90 bits per heavy atom. The molecule has 1 atom stereocenters. The maximum Gasteiger partial charge on any atom is 0.260 e. The van der Waals surface area contributed by atoms with Crippen LogP contribution in [0.2, 0.25) is 10.0 Å². The molecule has 4 nitrogen and oxygen atoms in total. The van der Waals surface area contributed by atoms with Crippen LogP contribution in [0.3, 0.4) is 0 Å². The lowest BCUT2D eigenvalue weighted by Crippen LogP contribution is -2.46. The Kier molecular flexibility index (Phi) is 5.52. The van der Waals surface area contributed by atoms with E-state index in [-0.39, 0.29) is 11.9 Å². The van der Waals surface area contributed by atoms with Gasteiger partial charge in [-0.25, -0.2) is 0 Å². The summed E-state index contributed by atoms with van der Waals surface area (Å²) in [5, 5.41) is 7.23. The Hall–Kier alpha value is -0.970. The van der Waals surface area contributed by atoms with E-state index >= 15 is 0 Å². The summed E-state index contributed by atoms with van der Waals surface area (Å²) >= 11 is 11.8. The zero-order chi connectivity index (χ0) is 14.5. The Labute approximate surface area is 128 Å². The molecule has 1 amide bonds. The van der Waals surface area contributed by atoms with Crippen LogP contribution in [0, 0.1) is 0 Å². The van der Waals surface area contributed by atoms with E-state index in [0.29, 0.717) is 15.8 Å². The van der Waals surface area contributed by atoms with Gasteiger partial charge in [-0.3, -0.25) is 4.79 Å². The van der Waals surface area contributed by atoms with Crippen LogP contribution in [0.25, 0.3) is 0 Å². The summed E-state index contributed by atoms with van der Waals surface area (Å²) in [6, 6.07) is 5.12. The van der Waals surface area contributed by atoms with Crippen molar-refractivity contribution in [1.29, 1.82) is 0 Å². The predicted molar refractivity (Wildman–Crippen MR) is 80.6 cm³/mol. The average Bonchev–Trinajstić information content (AvgIpc) is 2.38. The number of halogens is 2. The van der Waals surface area contributed by atoms with Crippen molar-refractivity contribution < 1.29 is 9.53 Å². The van der Waals surface area contributed by atoms with Crippen LogP contribution >= 0.6 is 23.2 Å². The fourth-order valence-corrected chi connectivity index (χ4v) is 2.65. The summed E-state index contributed by atoms with van der Waals surface area (Å²) in [7, 11) is 0. The van der Waals surface area contributed by atoms with Crippen molar-refractivity contribution in [3.63, 3.8) is 0 Å². The number of nitrogens with one attached hydrogen (secondary N) is 2. The fourth-order valence-electron chi connectivity index (χ4n) is 2.14. The van der Waals surface area contributed by atoms with Crippen LogP contribution < -0.4 is 15.4 Å². The number of rotatable bonds is 4. The Morgan fingerprint density at radius 1 is 1.30 bits per heavy atom. The standard InChI is InChI=1S/C14H18Cl2N2O2/c1-9(14(19)18-12-2-4-17-5-3-12)20-13-7-10(15)6-11(16)8-13/h6-9,12,17H,2-5H2,1H3,(H,18,19). The summed E-state index contributed by atoms with van der Waals surface area (Å²) in [5.41, 5.74) is 0. The monoisotopic (exact) mass is 316 g/mol. The molecule has 1 aliphatic heterocycles. The number of benzene rings is 1. The Bertz CT molecular complexity index is 456. The highest BCUT2D eigenvalue weighted by molar-refractivity contribution is 6.34. The molecule has 6 heteroatoms. The molecule has 0 aromatic heterocycles. The molecule has 110 valence electrons. The van der Waals surface area contributed by atoms with E-state index in [0.717, 1.165) is 25.9 Å². The quantitative estimate of drug-likeness (QED) is 0.897. The van der Waals surface area contributed by atoms with Crippen LogP contribution in [0.15, 0.2) is 18.2 Å². The highest BCUT2D eigenvalue weighted by Crippen LogP contribution is 2.24. The molecule has 0 saturated carbocycles. The van der Waals surface area contributed by atoms with Gasteiger partial charge in [0.05, 0.1) is 0 Å². The first-order valence-corrected chi connectivity index (χ1v) is 7.44. The molecule has 1 unspecified atom stereocenters. The molecule has 0 radical (unpaired) electrons. The van der Waals surface area contributed by atoms with Gasteiger partial charge < -0.3 is 15.4 Å². The molecule has 1 aliphatic rings. The highest BCUT2D eigenvalue weighted by Gasteiger charge is 2.20. The lowest BCUT2D eigenvalue weighted by atomic mass is 10.1. The van der Waals surface area contributed by atoms with Crippen molar-refractivity contribution in [1.82, 2.24) is 10.6 Å². The summed E-state index contributed by atoms with van der Waals surface area (Å²) < 4.78 is 5.58. The van der Waals surface area contributed by atoms with Crippen molar-refractivity contribution in [3.05, 3.63) is 28.2 Å². The SMILES string of the molecule is CC(Oc1cc(Cl)cc(Cl)c1)C(=O)NC1CCNCC1. The third kappa shape index (κ3) is 4.54. The largest absolute Gasteiger partial charge is 0.481 e. The predicted octanol–water partition coefficient (Wildman–Crippen LogP) is 2.63. The molecule has 20 heavy (non-hydrogen) atoms. The highest BCUT2D eigenvalue weighted by atomic mass is 35.5. The summed E-state index contributed by atoms with van der Waals surface area (Å²) in [5.74, 6) is 0.378. The first kappa shape index (κ1) is 15.4. The molecule has 1 heterocycles. The lowest BCUT2D eigenvalue weighted by molar-refractivity contribution is -0.128. The maximum atomic E-state index is 12.1. The second-order valence-electron chi connectivity index (χ2n) is 4.90. The minimum absolute atomic E-state index is 0.118. The normalized spacial score (nSPS) is 17.6. The molecule has 2 N–H and O–H groups in total. The van der Waals surface area contributed by atoms with Gasteiger partial charge in [0.2, 0.25) is 0 Å². The smallest absolute Gasteiger partial charge is 0.260 e. The van der Waals surface area contributed by atoms with Gasteiger partial charge in [0.25, 0.3) is 5.91 Å². The van der Waals surface area contributed by atoms with E-state index in [1.165, 1.54) is 0 Å². The third-order valence-electron chi connectivity index (χ3n) is 3.20. The van der Waals surface area contributed by atoms with E-state index in [9.17, 15) is 4.79 Å². The van der Waals surface area contributed by atoms with E-state index < -0.39 is 6.10 Å². The van der Waals surface area contributed by atoms with E-state index in [1.807, 2.05) is 0 Å². The van der Waals surface area contributed by atoms with Crippen molar-refractivity contribution in [2.45, 2.75) is 31.9 Å². The van der Waals surface area contributed by atoms with Gasteiger partial charge in [-0.1, -0.05) is 23.2 Å². The van der Waals surface area contributed by atoms with Gasteiger partial charge >= 0.3 is 0 Å². The molecule has 1 aromatic carbocycles. The van der Waals surface area contributed by atoms with Crippen LogP contribution in [0.1, 0.15) is 19.8 Å². The summed E-state index contributed by atoms with van der Waals surface area (Å²) in [6.45, 7) is 3.58. The van der Waals surface area contributed by atoms with Crippen LogP contribution in [0.5, 0.6) is 5.75 Å². The number of carbonyl (C=O) groups excluding carboxylic acids is 1. The Morgan fingerprint density at radius 3 is 2.50 bits per heavy atom. The molecule has 0 bridgehead atoms. The Balaban J connectivity index is 1.89. The molecular formula is C14H18Cl2N2O2. The zero-order valence-electron chi connectivity index (χ0n) is 11.3. The van der Waals surface area contributed by atoms with Crippen LogP contribution in [0.4, 0.5) is 0 Å². The molecular weight excluding hydrogens is 299 g/mol. The molecule has 0 aliphatic carbocycles. The van der Waals surface area contributed by atoms with Gasteiger partial charge in [0, 0.05) is 16.1 Å². The van der Waals surface area contributed by atoms with Gasteiger partial charge in [0.15, 0.2) is 6.10 Å². The number of carbonyl (C=O) groups is 1. The van der Waals surface area contributed by atoms with Crippen molar-refractivity contribution in [2.24, 2.45) is 0 Å². The molecule has 1 fully saturated rings. The van der Waals surface area contributed by atoms with Crippen molar-refractivity contribution in [2.75, 3.05) is 13.1 Å². The number of amides is 1. The van der Waals surface area contributed by atoms with Gasteiger partial charge in [-0.15, -0.1) is 0 Å². The van der Waals surface area contributed by atoms with Crippen LogP contribution in [-0.4, -0.2) is 31.1 Å². The first-order chi connectivity index (χ1) is 9.54. The lowest BCUT2D eigenvalue weighted by Gasteiger charge is -2.25. The van der Waals surface area contributed by atoms with Gasteiger partial charge in [-0.05, 0) is 51.1 Å². The maximum absolute atomic E-state index is 12.1. The third-order valence-corrected chi connectivity index (χ3v) is 3.64. The second kappa shape index (κ2) is 7.16.